The molecule has 2 aromatic carbocycles. The van der Waals surface area contributed by atoms with Crippen LogP contribution in [0.5, 0.6) is 5.75 Å². The highest BCUT2D eigenvalue weighted by molar-refractivity contribution is 5.93. The molecule has 2 N–H and O–H groups in total. The summed E-state index contributed by atoms with van der Waals surface area (Å²) in [6.45, 7) is 0.984. The van der Waals surface area contributed by atoms with Gasteiger partial charge in [-0.1, -0.05) is 24.3 Å². The van der Waals surface area contributed by atoms with Crippen molar-refractivity contribution in [3.05, 3.63) is 48.5 Å². The van der Waals surface area contributed by atoms with Crippen molar-refractivity contribution in [2.45, 2.75) is 25.3 Å². The molecular formula is C20H22N4O2. The summed E-state index contributed by atoms with van der Waals surface area (Å²) in [7, 11) is 1.64. The second-order valence-electron chi connectivity index (χ2n) is 6.48. The van der Waals surface area contributed by atoms with Crippen LogP contribution in [-0.2, 0) is 4.79 Å². The van der Waals surface area contributed by atoms with E-state index in [4.69, 9.17) is 4.74 Å². The molecule has 1 amide bonds. The monoisotopic (exact) mass is 350 g/mol. The zero-order chi connectivity index (χ0) is 17.9. The number of methoxy groups -OCH3 is 1. The minimum atomic E-state index is -0.0316. The molecule has 0 saturated carbocycles. The lowest BCUT2D eigenvalue weighted by atomic mass is 10.1. The number of nitrogens with one attached hydrogen (secondary N) is 2. The summed E-state index contributed by atoms with van der Waals surface area (Å²) in [4.78, 5) is 17.2. The molecule has 1 unspecified atom stereocenters. The molecule has 6 nitrogen and oxygen atoms in total. The fraction of sp³-hybridized carbons (Fsp3) is 0.300. The third-order valence-corrected chi connectivity index (χ3v) is 4.73. The Kier molecular flexibility index (Phi) is 4.58. The number of rotatable bonds is 5. The molecule has 1 aromatic heterocycles. The topological polar surface area (TPSA) is 68.2 Å². The smallest absolute Gasteiger partial charge is 0.228 e. The van der Waals surface area contributed by atoms with E-state index in [2.05, 4.69) is 15.6 Å². The Bertz CT molecular complexity index is 928. The van der Waals surface area contributed by atoms with E-state index in [0.29, 0.717) is 12.4 Å². The largest absolute Gasteiger partial charge is 0.495 e. The van der Waals surface area contributed by atoms with Crippen LogP contribution in [0.25, 0.3) is 16.7 Å². The Morgan fingerprint density at radius 2 is 2.08 bits per heavy atom. The van der Waals surface area contributed by atoms with Crippen LogP contribution in [-0.4, -0.2) is 35.2 Å². The number of ether oxygens (including phenoxy) is 1. The van der Waals surface area contributed by atoms with Gasteiger partial charge < -0.3 is 10.1 Å². The van der Waals surface area contributed by atoms with Crippen LogP contribution < -0.4 is 15.4 Å². The van der Waals surface area contributed by atoms with Crippen molar-refractivity contribution in [2.24, 2.45) is 0 Å². The molecule has 1 atom stereocenters. The lowest BCUT2D eigenvalue weighted by Gasteiger charge is -2.14. The summed E-state index contributed by atoms with van der Waals surface area (Å²) in [6.07, 6.45) is 2.61. The molecule has 1 fully saturated rings. The minimum absolute atomic E-state index is 0.0316. The number of hydrogen-bond acceptors (Lipinski definition) is 4. The predicted octanol–water partition coefficient (Wildman–Crippen LogP) is 3.11. The lowest BCUT2D eigenvalue weighted by molar-refractivity contribution is -0.116. The first-order valence-electron chi connectivity index (χ1n) is 8.90. The fourth-order valence-electron chi connectivity index (χ4n) is 3.50. The van der Waals surface area contributed by atoms with Crippen molar-refractivity contribution < 1.29 is 9.53 Å². The van der Waals surface area contributed by atoms with E-state index in [1.807, 2.05) is 53.1 Å². The molecule has 2 heterocycles. The number of benzene rings is 2. The van der Waals surface area contributed by atoms with E-state index in [1.54, 1.807) is 7.11 Å². The fourth-order valence-corrected chi connectivity index (χ4v) is 3.50. The standard InChI is InChI=1S/C20H22N4O2/c1-26-18-11-5-4-10-17(18)24-16-9-3-2-8-15(16)22-20(24)23-19(25)13-14-7-6-12-21-14/h2-5,8-11,14,21H,6-7,12-13H2,1H3,(H,22,23,25). The summed E-state index contributed by atoms with van der Waals surface area (Å²) >= 11 is 0. The van der Waals surface area contributed by atoms with Gasteiger partial charge in [0, 0.05) is 12.5 Å². The molecule has 4 rings (SSSR count). The summed E-state index contributed by atoms with van der Waals surface area (Å²) in [6, 6.07) is 15.8. The van der Waals surface area contributed by atoms with E-state index in [-0.39, 0.29) is 11.9 Å². The van der Waals surface area contributed by atoms with Gasteiger partial charge in [0.05, 0.1) is 23.8 Å². The number of nitrogens with zero attached hydrogens (tertiary/aromatic N) is 2. The molecule has 1 saturated heterocycles. The van der Waals surface area contributed by atoms with Gasteiger partial charge in [0.2, 0.25) is 11.9 Å². The number of amides is 1. The first kappa shape index (κ1) is 16.6. The van der Waals surface area contributed by atoms with E-state index < -0.39 is 0 Å². The number of fused-ring (bicyclic) bond motifs is 1. The van der Waals surface area contributed by atoms with Gasteiger partial charge in [-0.05, 0) is 43.7 Å². The van der Waals surface area contributed by atoms with Crippen LogP contribution in [0, 0.1) is 0 Å². The van der Waals surface area contributed by atoms with Crippen LogP contribution in [0.4, 0.5) is 5.95 Å². The molecule has 0 spiro atoms. The maximum absolute atomic E-state index is 12.5. The Morgan fingerprint density at radius 1 is 1.27 bits per heavy atom. The third kappa shape index (κ3) is 3.15. The molecule has 1 aliphatic rings. The van der Waals surface area contributed by atoms with Crippen LogP contribution in [0.15, 0.2) is 48.5 Å². The summed E-state index contributed by atoms with van der Waals surface area (Å²) in [5, 5.41) is 6.35. The van der Waals surface area contributed by atoms with Gasteiger partial charge in [0.1, 0.15) is 5.75 Å². The highest BCUT2D eigenvalue weighted by atomic mass is 16.5. The average Bonchev–Trinajstić information content (AvgIpc) is 3.28. The highest BCUT2D eigenvalue weighted by Crippen LogP contribution is 2.30. The maximum Gasteiger partial charge on any atom is 0.228 e. The molecule has 1 aliphatic heterocycles. The third-order valence-electron chi connectivity index (χ3n) is 4.73. The SMILES string of the molecule is COc1ccccc1-n1c(NC(=O)CC2CCCN2)nc2ccccc21. The normalized spacial score (nSPS) is 16.7. The summed E-state index contributed by atoms with van der Waals surface area (Å²) in [5.74, 6) is 1.21. The van der Waals surface area contributed by atoms with Gasteiger partial charge in [-0.15, -0.1) is 0 Å². The number of carbonyl (C=O) groups is 1. The number of aromatic nitrogens is 2. The van der Waals surface area contributed by atoms with Crippen LogP contribution in [0.2, 0.25) is 0 Å². The molecule has 6 heteroatoms. The van der Waals surface area contributed by atoms with Crippen LogP contribution in [0.1, 0.15) is 19.3 Å². The molecule has 0 radical (unpaired) electrons. The second-order valence-corrected chi connectivity index (χ2v) is 6.48. The van der Waals surface area contributed by atoms with E-state index in [0.717, 1.165) is 41.9 Å². The van der Waals surface area contributed by atoms with Crippen molar-refractivity contribution in [3.8, 4) is 11.4 Å². The van der Waals surface area contributed by atoms with Crippen molar-refractivity contribution in [1.29, 1.82) is 0 Å². The van der Waals surface area contributed by atoms with E-state index >= 15 is 0 Å². The zero-order valence-electron chi connectivity index (χ0n) is 14.7. The number of carbonyl (C=O) groups excluding carboxylic acids is 1. The van der Waals surface area contributed by atoms with Gasteiger partial charge in [0.25, 0.3) is 0 Å². The Hall–Kier alpha value is -2.86. The van der Waals surface area contributed by atoms with Gasteiger partial charge in [0.15, 0.2) is 0 Å². The van der Waals surface area contributed by atoms with E-state index in [1.165, 1.54) is 0 Å². The number of anilines is 1. The van der Waals surface area contributed by atoms with Crippen molar-refractivity contribution in [1.82, 2.24) is 14.9 Å². The maximum atomic E-state index is 12.5. The van der Waals surface area contributed by atoms with Crippen LogP contribution in [0.3, 0.4) is 0 Å². The summed E-state index contributed by atoms with van der Waals surface area (Å²) < 4.78 is 7.45. The molecule has 3 aromatic rings. The zero-order valence-corrected chi connectivity index (χ0v) is 14.7. The van der Waals surface area contributed by atoms with Crippen molar-refractivity contribution in [3.63, 3.8) is 0 Å². The van der Waals surface area contributed by atoms with Gasteiger partial charge >= 0.3 is 0 Å². The lowest BCUT2D eigenvalue weighted by Crippen LogP contribution is -2.28. The second kappa shape index (κ2) is 7.17. The number of imidazole rings is 1. The van der Waals surface area contributed by atoms with Crippen molar-refractivity contribution >= 4 is 22.9 Å². The van der Waals surface area contributed by atoms with E-state index in [9.17, 15) is 4.79 Å². The molecule has 134 valence electrons. The number of para-hydroxylation sites is 4. The van der Waals surface area contributed by atoms with Gasteiger partial charge in [-0.2, -0.15) is 0 Å². The first-order valence-corrected chi connectivity index (χ1v) is 8.90. The number of hydrogen-bond donors (Lipinski definition) is 2. The van der Waals surface area contributed by atoms with Crippen LogP contribution >= 0.6 is 0 Å². The molecule has 0 aliphatic carbocycles. The molecular weight excluding hydrogens is 328 g/mol. The summed E-state index contributed by atoms with van der Waals surface area (Å²) in [5.41, 5.74) is 2.59. The van der Waals surface area contributed by atoms with Gasteiger partial charge in [-0.3, -0.25) is 14.7 Å². The highest BCUT2D eigenvalue weighted by Gasteiger charge is 2.21. The predicted molar refractivity (Wildman–Crippen MR) is 102 cm³/mol. The quantitative estimate of drug-likeness (QED) is 0.742. The van der Waals surface area contributed by atoms with Gasteiger partial charge in [-0.25, -0.2) is 4.98 Å². The first-order chi connectivity index (χ1) is 12.8. The Balaban J connectivity index is 1.73. The van der Waals surface area contributed by atoms with Crippen molar-refractivity contribution in [2.75, 3.05) is 19.0 Å². The Labute approximate surface area is 152 Å². The molecule has 26 heavy (non-hydrogen) atoms. The Morgan fingerprint density at radius 3 is 2.88 bits per heavy atom. The average molecular weight is 350 g/mol. The minimum Gasteiger partial charge on any atom is -0.495 e. The molecule has 0 bridgehead atoms.